The Morgan fingerprint density at radius 2 is 1.86 bits per heavy atom. The van der Waals surface area contributed by atoms with Crippen molar-refractivity contribution >= 4 is 5.91 Å². The Kier molecular flexibility index (Phi) is 5.23. The van der Waals surface area contributed by atoms with E-state index < -0.39 is 6.10 Å². The quantitative estimate of drug-likeness (QED) is 0.856. The molecule has 1 amide bonds. The van der Waals surface area contributed by atoms with E-state index in [9.17, 15) is 4.79 Å². The summed E-state index contributed by atoms with van der Waals surface area (Å²) in [4.78, 5) is 14.3. The second-order valence-electron chi connectivity index (χ2n) is 5.76. The highest BCUT2D eigenvalue weighted by Gasteiger charge is 2.29. The zero-order valence-corrected chi connectivity index (χ0v) is 13.3. The molecule has 0 unspecified atom stereocenters. The molecule has 0 radical (unpaired) electrons. The first-order valence-corrected chi connectivity index (χ1v) is 7.69. The molecule has 1 aliphatic rings. The van der Waals surface area contributed by atoms with Gasteiger partial charge in [0.15, 0.2) is 6.10 Å². The lowest BCUT2D eigenvalue weighted by molar-refractivity contribution is -0.149. The van der Waals surface area contributed by atoms with Gasteiger partial charge in [-0.3, -0.25) is 4.79 Å². The monoisotopic (exact) mass is 291 g/mol. The van der Waals surface area contributed by atoms with Crippen molar-refractivity contribution in [1.29, 1.82) is 0 Å². The summed E-state index contributed by atoms with van der Waals surface area (Å²) in [5, 5.41) is 0. The number of amides is 1. The van der Waals surface area contributed by atoms with Gasteiger partial charge in [0, 0.05) is 13.1 Å². The Morgan fingerprint density at radius 1 is 1.29 bits per heavy atom. The number of ether oxygens (including phenoxy) is 2. The topological polar surface area (TPSA) is 38.8 Å². The molecule has 1 saturated heterocycles. The van der Waals surface area contributed by atoms with Gasteiger partial charge in [-0.2, -0.15) is 0 Å². The van der Waals surface area contributed by atoms with Crippen LogP contribution < -0.4 is 4.74 Å². The van der Waals surface area contributed by atoms with Gasteiger partial charge < -0.3 is 14.4 Å². The van der Waals surface area contributed by atoms with E-state index in [0.717, 1.165) is 12.2 Å². The smallest absolute Gasteiger partial charge is 0.263 e. The molecular weight excluding hydrogens is 266 g/mol. The van der Waals surface area contributed by atoms with E-state index in [0.29, 0.717) is 13.1 Å². The summed E-state index contributed by atoms with van der Waals surface area (Å²) in [7, 11) is 0. The largest absolute Gasteiger partial charge is 0.481 e. The fourth-order valence-electron chi connectivity index (χ4n) is 2.67. The van der Waals surface area contributed by atoms with Crippen molar-refractivity contribution in [3.63, 3.8) is 0 Å². The number of morpholine rings is 1. The standard InChI is InChI=1S/C17H25NO3/c1-5-15-6-8-16(9-7-15)21-14(4)17(19)18-10-12(2)20-13(3)11-18/h6-9,12-14H,5,10-11H2,1-4H3/t12-,13+,14-/m0/s1. The van der Waals surface area contributed by atoms with Crippen molar-refractivity contribution in [2.24, 2.45) is 0 Å². The van der Waals surface area contributed by atoms with Gasteiger partial charge in [0.05, 0.1) is 12.2 Å². The lowest BCUT2D eigenvalue weighted by atomic mass is 10.2. The lowest BCUT2D eigenvalue weighted by Crippen LogP contribution is -2.51. The summed E-state index contributed by atoms with van der Waals surface area (Å²) in [5.74, 6) is 0.763. The molecule has 1 aromatic rings. The van der Waals surface area contributed by atoms with Crippen LogP contribution in [0.4, 0.5) is 0 Å². The number of hydrogen-bond donors (Lipinski definition) is 0. The molecule has 1 fully saturated rings. The first-order chi connectivity index (χ1) is 9.99. The summed E-state index contributed by atoms with van der Waals surface area (Å²) >= 11 is 0. The highest BCUT2D eigenvalue weighted by molar-refractivity contribution is 5.81. The van der Waals surface area contributed by atoms with E-state index in [1.54, 1.807) is 6.92 Å². The molecule has 3 atom stereocenters. The van der Waals surface area contributed by atoms with Crippen LogP contribution in [0.3, 0.4) is 0 Å². The predicted octanol–water partition coefficient (Wildman–Crippen LogP) is 2.65. The molecule has 21 heavy (non-hydrogen) atoms. The van der Waals surface area contributed by atoms with Crippen LogP contribution in [0.15, 0.2) is 24.3 Å². The van der Waals surface area contributed by atoms with Crippen LogP contribution >= 0.6 is 0 Å². The summed E-state index contributed by atoms with van der Waals surface area (Å²) in [6.07, 6.45) is 0.677. The lowest BCUT2D eigenvalue weighted by Gasteiger charge is -2.36. The Labute approximate surface area is 127 Å². The molecule has 1 aromatic carbocycles. The zero-order chi connectivity index (χ0) is 15.4. The van der Waals surface area contributed by atoms with Crippen LogP contribution in [0.1, 0.15) is 33.3 Å². The minimum Gasteiger partial charge on any atom is -0.481 e. The third-order valence-electron chi connectivity index (χ3n) is 3.72. The van der Waals surface area contributed by atoms with Gasteiger partial charge in [0.2, 0.25) is 0 Å². The molecule has 0 N–H and O–H groups in total. The van der Waals surface area contributed by atoms with Crippen LogP contribution in [0.25, 0.3) is 0 Å². The number of nitrogens with zero attached hydrogens (tertiary/aromatic N) is 1. The molecule has 116 valence electrons. The van der Waals surface area contributed by atoms with E-state index in [4.69, 9.17) is 9.47 Å². The van der Waals surface area contributed by atoms with Crippen LogP contribution in [0.5, 0.6) is 5.75 Å². The Bertz CT molecular complexity index is 461. The summed E-state index contributed by atoms with van der Waals surface area (Å²) < 4.78 is 11.4. The first kappa shape index (κ1) is 15.8. The Morgan fingerprint density at radius 3 is 2.38 bits per heavy atom. The molecule has 0 saturated carbocycles. The molecule has 4 nitrogen and oxygen atoms in total. The summed E-state index contributed by atoms with van der Waals surface area (Å²) in [6.45, 7) is 9.16. The van der Waals surface area contributed by atoms with Crippen molar-refractivity contribution in [1.82, 2.24) is 4.90 Å². The minimum absolute atomic E-state index is 0.0246. The summed E-state index contributed by atoms with van der Waals surface area (Å²) in [6, 6.07) is 7.91. The molecule has 1 aliphatic heterocycles. The van der Waals surface area contributed by atoms with Crippen LogP contribution in [-0.4, -0.2) is 42.2 Å². The van der Waals surface area contributed by atoms with Gasteiger partial charge in [0.25, 0.3) is 5.91 Å². The van der Waals surface area contributed by atoms with Gasteiger partial charge >= 0.3 is 0 Å². The Hall–Kier alpha value is -1.55. The van der Waals surface area contributed by atoms with E-state index in [1.807, 2.05) is 43.0 Å². The second-order valence-corrected chi connectivity index (χ2v) is 5.76. The molecule has 0 bridgehead atoms. The van der Waals surface area contributed by atoms with E-state index in [2.05, 4.69) is 6.92 Å². The number of hydrogen-bond acceptors (Lipinski definition) is 3. The molecule has 0 aromatic heterocycles. The van der Waals surface area contributed by atoms with Gasteiger partial charge in [-0.1, -0.05) is 19.1 Å². The molecule has 1 heterocycles. The van der Waals surface area contributed by atoms with E-state index >= 15 is 0 Å². The fraction of sp³-hybridized carbons (Fsp3) is 0.588. The number of carbonyl (C=O) groups is 1. The third kappa shape index (κ3) is 4.21. The second kappa shape index (κ2) is 6.94. The third-order valence-corrected chi connectivity index (χ3v) is 3.72. The van der Waals surface area contributed by atoms with Gasteiger partial charge in [-0.05, 0) is 44.9 Å². The first-order valence-electron chi connectivity index (χ1n) is 7.69. The molecule has 4 heteroatoms. The highest BCUT2D eigenvalue weighted by Crippen LogP contribution is 2.17. The van der Waals surface area contributed by atoms with Crippen molar-refractivity contribution < 1.29 is 14.3 Å². The summed E-state index contributed by atoms with van der Waals surface area (Å²) in [5.41, 5.74) is 1.26. The normalized spacial score (nSPS) is 23.7. The maximum atomic E-state index is 12.5. The van der Waals surface area contributed by atoms with Crippen molar-refractivity contribution in [2.45, 2.75) is 52.4 Å². The fourth-order valence-corrected chi connectivity index (χ4v) is 2.67. The van der Waals surface area contributed by atoms with Crippen LogP contribution in [-0.2, 0) is 16.0 Å². The molecule has 2 rings (SSSR count). The van der Waals surface area contributed by atoms with Crippen molar-refractivity contribution in [2.75, 3.05) is 13.1 Å². The Balaban J connectivity index is 1.95. The maximum absolute atomic E-state index is 12.5. The minimum atomic E-state index is -0.477. The molecule has 0 aliphatic carbocycles. The predicted molar refractivity (Wildman–Crippen MR) is 82.5 cm³/mol. The maximum Gasteiger partial charge on any atom is 0.263 e. The van der Waals surface area contributed by atoms with Crippen LogP contribution in [0.2, 0.25) is 0 Å². The average molecular weight is 291 g/mol. The molecule has 0 spiro atoms. The average Bonchev–Trinajstić information content (AvgIpc) is 2.46. The van der Waals surface area contributed by atoms with Gasteiger partial charge in [-0.25, -0.2) is 0 Å². The number of carbonyl (C=O) groups excluding carboxylic acids is 1. The van der Waals surface area contributed by atoms with E-state index in [-0.39, 0.29) is 18.1 Å². The SMILES string of the molecule is CCc1ccc(O[C@@H](C)C(=O)N2C[C@@H](C)O[C@@H](C)C2)cc1. The van der Waals surface area contributed by atoms with Gasteiger partial charge in [0.1, 0.15) is 5.75 Å². The van der Waals surface area contributed by atoms with Crippen molar-refractivity contribution in [3.05, 3.63) is 29.8 Å². The van der Waals surface area contributed by atoms with Crippen LogP contribution in [0, 0.1) is 0 Å². The van der Waals surface area contributed by atoms with E-state index in [1.165, 1.54) is 5.56 Å². The molecular formula is C17H25NO3. The highest BCUT2D eigenvalue weighted by atomic mass is 16.5. The zero-order valence-electron chi connectivity index (χ0n) is 13.3. The van der Waals surface area contributed by atoms with Crippen molar-refractivity contribution in [3.8, 4) is 5.75 Å². The van der Waals surface area contributed by atoms with Gasteiger partial charge in [-0.15, -0.1) is 0 Å². The number of rotatable bonds is 4. The number of aryl methyl sites for hydroxylation is 1. The number of benzene rings is 1.